The van der Waals surface area contributed by atoms with Crippen LogP contribution >= 0.6 is 0 Å². The Morgan fingerprint density at radius 1 is 0.558 bits per heavy atom. The topological polar surface area (TPSA) is 283 Å². The number of amides is 3. The fraction of sp³-hybridized carbons (Fsp3) is 0.906. The number of hydrogen-bond donors (Lipinski definition) is 9. The van der Waals surface area contributed by atoms with Gasteiger partial charge in [0.1, 0.15) is 48.7 Å². The fourth-order valence-electron chi connectivity index (χ4n) is 6.49. The van der Waals surface area contributed by atoms with Crippen molar-refractivity contribution in [2.24, 2.45) is 5.92 Å². The Bertz CT molecular complexity index is 1110. The van der Waals surface area contributed by atoms with Crippen molar-refractivity contribution in [2.45, 2.75) is 120 Å². The van der Waals surface area contributed by atoms with Crippen LogP contribution in [0.1, 0.15) is 34.6 Å². The minimum absolute atomic E-state index is 0.00216. The zero-order chi connectivity index (χ0) is 38.5. The lowest BCUT2D eigenvalue weighted by Gasteiger charge is -2.50. The highest BCUT2D eigenvalue weighted by Crippen LogP contribution is 2.34. The molecule has 9 N–H and O–H groups in total. The first-order valence-corrected chi connectivity index (χ1v) is 17.4. The average molecular weight is 756 g/mol. The quantitative estimate of drug-likeness (QED) is 0.0560. The third kappa shape index (κ3) is 12.2. The van der Waals surface area contributed by atoms with Gasteiger partial charge in [-0.1, -0.05) is 6.92 Å². The van der Waals surface area contributed by atoms with Crippen molar-refractivity contribution < 1.29 is 82.9 Å². The first kappa shape index (κ1) is 44.2. The number of carbonyl (C=O) groups excluding carboxylic acids is 3. The van der Waals surface area contributed by atoms with Gasteiger partial charge in [-0.2, -0.15) is 0 Å². The molecule has 0 aromatic heterocycles. The summed E-state index contributed by atoms with van der Waals surface area (Å²) < 4.78 is 47.6. The molecule has 0 radical (unpaired) electrons. The number of aliphatic hydroxyl groups excluding tert-OH is 6. The van der Waals surface area contributed by atoms with Crippen molar-refractivity contribution >= 4 is 17.7 Å². The lowest BCUT2D eigenvalue weighted by molar-refractivity contribution is -0.345. The second-order valence-electron chi connectivity index (χ2n) is 13.1. The molecular weight excluding hydrogens is 698 g/mol. The number of nitrogens with one attached hydrogen (secondary N) is 3. The summed E-state index contributed by atoms with van der Waals surface area (Å²) in [5.41, 5.74) is 0. The summed E-state index contributed by atoms with van der Waals surface area (Å²) in [4.78, 5) is 36.7. The van der Waals surface area contributed by atoms with Crippen LogP contribution in [0.15, 0.2) is 0 Å². The van der Waals surface area contributed by atoms with Crippen LogP contribution in [-0.4, -0.2) is 193 Å². The molecule has 0 aromatic rings. The number of aliphatic hydroxyl groups is 6. The molecule has 3 aliphatic rings. The Kier molecular flexibility index (Phi) is 18.4. The van der Waals surface area contributed by atoms with E-state index in [0.29, 0.717) is 0 Å². The van der Waals surface area contributed by atoms with Gasteiger partial charge >= 0.3 is 0 Å². The minimum atomic E-state index is -1.65. The van der Waals surface area contributed by atoms with Crippen LogP contribution < -0.4 is 16.0 Å². The van der Waals surface area contributed by atoms with Crippen LogP contribution in [0.4, 0.5) is 0 Å². The normalized spacial score (nSPS) is 38.0. The van der Waals surface area contributed by atoms with E-state index in [2.05, 4.69) is 16.0 Å². The Hall–Kier alpha value is -2.15. The molecule has 6 unspecified atom stereocenters. The summed E-state index contributed by atoms with van der Waals surface area (Å²) in [6.45, 7) is 5.47. The summed E-state index contributed by atoms with van der Waals surface area (Å²) in [6.07, 6.45) is -13.5. The van der Waals surface area contributed by atoms with E-state index in [4.69, 9.17) is 43.0 Å². The molecule has 0 aromatic carbocycles. The molecule has 20 nitrogen and oxygen atoms in total. The average Bonchev–Trinajstić information content (AvgIpc) is 3.07. The van der Waals surface area contributed by atoms with Crippen molar-refractivity contribution in [1.29, 1.82) is 0 Å². The van der Waals surface area contributed by atoms with Crippen molar-refractivity contribution in [3.8, 4) is 0 Å². The van der Waals surface area contributed by atoms with E-state index in [-0.39, 0.29) is 59.5 Å². The third-order valence-corrected chi connectivity index (χ3v) is 8.98. The Morgan fingerprint density at radius 3 is 1.37 bits per heavy atom. The Morgan fingerprint density at radius 2 is 0.923 bits per heavy atom. The summed E-state index contributed by atoms with van der Waals surface area (Å²) in [6, 6.07) is -3.46. The highest BCUT2D eigenvalue weighted by Gasteiger charge is 2.54. The maximum atomic E-state index is 12.5. The molecule has 52 heavy (non-hydrogen) atoms. The van der Waals surface area contributed by atoms with Gasteiger partial charge in [0.05, 0.1) is 83.8 Å². The van der Waals surface area contributed by atoms with Crippen molar-refractivity contribution in [3.05, 3.63) is 0 Å². The first-order valence-electron chi connectivity index (χ1n) is 17.4. The summed E-state index contributed by atoms with van der Waals surface area (Å²) >= 11 is 0. The number of hydrogen-bond acceptors (Lipinski definition) is 17. The van der Waals surface area contributed by atoms with Crippen LogP contribution in [0.2, 0.25) is 0 Å². The smallest absolute Gasteiger partial charge is 0.217 e. The predicted molar refractivity (Wildman–Crippen MR) is 175 cm³/mol. The lowest BCUT2D eigenvalue weighted by Crippen LogP contribution is -2.70. The van der Waals surface area contributed by atoms with Gasteiger partial charge in [0, 0.05) is 26.7 Å². The Balaban J connectivity index is 1.98. The molecule has 20 heteroatoms. The van der Waals surface area contributed by atoms with Gasteiger partial charge in [-0.3, -0.25) is 14.4 Å². The highest BCUT2D eigenvalue weighted by atomic mass is 16.7. The van der Waals surface area contributed by atoms with Crippen LogP contribution in [0, 0.1) is 5.92 Å². The molecular formula is C32H57N3O17. The highest BCUT2D eigenvalue weighted by molar-refractivity contribution is 5.74. The number of rotatable bonds is 19. The van der Waals surface area contributed by atoms with Crippen LogP contribution in [-0.2, 0) is 52.3 Å². The third-order valence-electron chi connectivity index (χ3n) is 8.98. The van der Waals surface area contributed by atoms with Gasteiger partial charge in [-0.25, -0.2) is 0 Å². The fourth-order valence-corrected chi connectivity index (χ4v) is 6.49. The zero-order valence-electron chi connectivity index (χ0n) is 30.2. The van der Waals surface area contributed by atoms with E-state index in [1.54, 1.807) is 13.8 Å². The monoisotopic (exact) mass is 755 g/mol. The second-order valence-corrected chi connectivity index (χ2v) is 13.1. The number of carbonyl (C=O) groups is 3. The predicted octanol–water partition coefficient (Wildman–Crippen LogP) is -4.75. The standard InChI is InChI=1S/C32H57N3O17/c1-15-20(12-45-9-6-36)49-31(24(26(15)42)34-18(4)40)52-30-22(14-47-11-8-38)50-32(25(28(30)44)35-19(5)41)51-29-21(13-46-10-7-37)48-16(2)23(27(29)43)33-17(3)39/h15-16,20-32,36-38,42-44H,6-14H2,1-5H3,(H,33,39)(H,34,40)(H,35,41)/t15-,16+,20?,21?,22+,23?,24?,25?,26+,27-,28?,29-,30-,31+,32+/m1/s1. The molecule has 3 fully saturated rings. The molecule has 0 spiro atoms. The van der Waals surface area contributed by atoms with Crippen LogP contribution in [0.3, 0.4) is 0 Å². The molecule has 15 atom stereocenters. The molecule has 3 aliphatic heterocycles. The van der Waals surface area contributed by atoms with E-state index in [0.717, 1.165) is 0 Å². The van der Waals surface area contributed by atoms with Crippen molar-refractivity contribution in [2.75, 3.05) is 59.5 Å². The summed E-state index contributed by atoms with van der Waals surface area (Å²) in [7, 11) is 0. The maximum Gasteiger partial charge on any atom is 0.217 e. The SMILES string of the molecule is CC(=O)NC1C(O)[C@H](O[C@@H]2OC(COCCO)[C@@H](C)[C@H](O)C2NC(C)=O)[C@H](COCCO)O[C@H]1O[C@@H]1C(COCCO)O[C@@H](C)C(NC(C)=O)[C@H]1O. The first-order chi connectivity index (χ1) is 24.7. The van der Waals surface area contributed by atoms with E-state index < -0.39 is 109 Å². The van der Waals surface area contributed by atoms with Crippen LogP contribution in [0.25, 0.3) is 0 Å². The van der Waals surface area contributed by atoms with Crippen molar-refractivity contribution in [1.82, 2.24) is 16.0 Å². The largest absolute Gasteiger partial charge is 0.394 e. The van der Waals surface area contributed by atoms with Gasteiger partial charge in [-0.15, -0.1) is 0 Å². The van der Waals surface area contributed by atoms with Gasteiger partial charge in [0.25, 0.3) is 0 Å². The Labute approximate surface area is 302 Å². The summed E-state index contributed by atoms with van der Waals surface area (Å²) in [5, 5.41) is 70.3. The molecule has 3 rings (SSSR count). The van der Waals surface area contributed by atoms with Gasteiger partial charge in [0.2, 0.25) is 17.7 Å². The lowest BCUT2D eigenvalue weighted by atomic mass is 9.89. The van der Waals surface area contributed by atoms with Crippen molar-refractivity contribution in [3.63, 3.8) is 0 Å². The zero-order valence-corrected chi connectivity index (χ0v) is 30.2. The molecule has 0 bridgehead atoms. The molecule has 3 saturated heterocycles. The minimum Gasteiger partial charge on any atom is -0.394 e. The maximum absolute atomic E-state index is 12.5. The van der Waals surface area contributed by atoms with Crippen LogP contribution in [0.5, 0.6) is 0 Å². The van der Waals surface area contributed by atoms with E-state index in [1.807, 2.05) is 0 Å². The molecule has 3 amide bonds. The number of ether oxygens (including phenoxy) is 8. The molecule has 0 saturated carbocycles. The summed E-state index contributed by atoms with van der Waals surface area (Å²) in [5.74, 6) is -2.12. The molecule has 0 aliphatic carbocycles. The van der Waals surface area contributed by atoms with E-state index >= 15 is 0 Å². The molecule has 3 heterocycles. The van der Waals surface area contributed by atoms with Gasteiger partial charge in [-0.05, 0) is 6.92 Å². The molecule has 302 valence electrons. The van der Waals surface area contributed by atoms with Gasteiger partial charge < -0.3 is 84.5 Å². The van der Waals surface area contributed by atoms with Gasteiger partial charge in [0.15, 0.2) is 12.6 Å². The van der Waals surface area contributed by atoms with E-state index in [1.165, 1.54) is 20.8 Å². The second kappa shape index (κ2) is 21.7. The van der Waals surface area contributed by atoms with E-state index in [9.17, 15) is 39.9 Å².